The van der Waals surface area contributed by atoms with Gasteiger partial charge in [0.1, 0.15) is 23.7 Å². The fraction of sp³-hybridized carbons (Fsp3) is 0.227. The monoisotopic (exact) mass is 406 g/mol. The molecule has 3 aromatic rings. The highest BCUT2D eigenvalue weighted by Crippen LogP contribution is 2.34. The molecule has 0 radical (unpaired) electrons. The Morgan fingerprint density at radius 3 is 2.80 bits per heavy atom. The van der Waals surface area contributed by atoms with Gasteiger partial charge in [-0.1, -0.05) is 6.07 Å². The molecule has 1 aliphatic rings. The van der Waals surface area contributed by atoms with Gasteiger partial charge in [-0.3, -0.25) is 9.78 Å². The summed E-state index contributed by atoms with van der Waals surface area (Å²) in [7, 11) is 3.18. The Balaban J connectivity index is 1.78. The van der Waals surface area contributed by atoms with Crippen LogP contribution in [0.25, 0.3) is 0 Å². The van der Waals surface area contributed by atoms with E-state index < -0.39 is 0 Å². The van der Waals surface area contributed by atoms with E-state index in [4.69, 9.17) is 19.9 Å². The normalized spacial score (nSPS) is 15.7. The minimum Gasteiger partial charge on any atom is -0.497 e. The number of hydrogen-bond donors (Lipinski definition) is 1. The van der Waals surface area contributed by atoms with E-state index in [2.05, 4.69) is 9.97 Å². The zero-order chi connectivity index (χ0) is 21.1. The number of hydrogen-bond acceptors (Lipinski definition) is 7. The van der Waals surface area contributed by atoms with Crippen molar-refractivity contribution in [3.05, 3.63) is 71.7 Å². The first-order valence-electron chi connectivity index (χ1n) is 9.41. The Morgan fingerprint density at radius 2 is 2.07 bits per heavy atom. The van der Waals surface area contributed by atoms with Crippen molar-refractivity contribution in [3.8, 4) is 17.4 Å². The topological polar surface area (TPSA) is 99.8 Å². The van der Waals surface area contributed by atoms with Crippen LogP contribution in [0.1, 0.15) is 27.5 Å². The molecular formula is C22H22N4O4. The molecule has 1 aromatic carbocycles. The van der Waals surface area contributed by atoms with Gasteiger partial charge in [-0.25, -0.2) is 4.98 Å². The summed E-state index contributed by atoms with van der Waals surface area (Å²) >= 11 is 0. The van der Waals surface area contributed by atoms with E-state index in [1.54, 1.807) is 43.6 Å². The van der Waals surface area contributed by atoms with Gasteiger partial charge in [-0.2, -0.15) is 0 Å². The van der Waals surface area contributed by atoms with Gasteiger partial charge >= 0.3 is 0 Å². The fourth-order valence-corrected chi connectivity index (χ4v) is 3.48. The van der Waals surface area contributed by atoms with Gasteiger partial charge in [0.05, 0.1) is 38.7 Å². The van der Waals surface area contributed by atoms with E-state index in [1.807, 2.05) is 24.3 Å². The van der Waals surface area contributed by atoms with Gasteiger partial charge in [-0.15, -0.1) is 0 Å². The molecule has 30 heavy (non-hydrogen) atoms. The van der Waals surface area contributed by atoms with E-state index in [1.165, 1.54) is 6.20 Å². The Bertz CT molecular complexity index is 1060. The molecule has 8 heteroatoms. The molecule has 4 rings (SSSR count). The van der Waals surface area contributed by atoms with Crippen LogP contribution in [0.3, 0.4) is 0 Å². The van der Waals surface area contributed by atoms with Crippen molar-refractivity contribution in [2.45, 2.75) is 12.6 Å². The van der Waals surface area contributed by atoms with Gasteiger partial charge in [0.2, 0.25) is 5.88 Å². The lowest BCUT2D eigenvalue weighted by molar-refractivity contribution is 0.0630. The third-order valence-electron chi connectivity index (χ3n) is 5.02. The van der Waals surface area contributed by atoms with Crippen LogP contribution in [0.5, 0.6) is 17.4 Å². The average molecular weight is 406 g/mol. The number of nitrogens with zero attached hydrogens (tertiary/aromatic N) is 3. The number of benzene rings is 1. The van der Waals surface area contributed by atoms with Crippen LogP contribution >= 0.6 is 0 Å². The third-order valence-corrected chi connectivity index (χ3v) is 5.02. The maximum atomic E-state index is 13.6. The first-order valence-corrected chi connectivity index (χ1v) is 9.41. The number of amides is 1. The Labute approximate surface area is 174 Å². The quantitative estimate of drug-likeness (QED) is 0.695. The van der Waals surface area contributed by atoms with E-state index in [0.717, 1.165) is 11.1 Å². The van der Waals surface area contributed by atoms with Crippen LogP contribution in [-0.4, -0.2) is 41.6 Å². The Kier molecular flexibility index (Phi) is 5.38. The van der Waals surface area contributed by atoms with E-state index >= 15 is 0 Å². The molecule has 1 amide bonds. The summed E-state index contributed by atoms with van der Waals surface area (Å²) in [4.78, 5) is 23.7. The number of methoxy groups -OCH3 is 2. The molecular weight excluding hydrogens is 384 g/mol. The predicted molar refractivity (Wildman–Crippen MR) is 111 cm³/mol. The molecule has 1 atom stereocenters. The molecule has 0 saturated heterocycles. The maximum absolute atomic E-state index is 13.6. The first kappa shape index (κ1) is 19.5. The lowest BCUT2D eigenvalue weighted by Crippen LogP contribution is -2.35. The predicted octanol–water partition coefficient (Wildman–Crippen LogP) is 2.85. The number of aromatic nitrogens is 2. The molecule has 2 N–H and O–H groups in total. The van der Waals surface area contributed by atoms with Gasteiger partial charge in [-0.05, 0) is 29.8 Å². The molecule has 0 fully saturated rings. The van der Waals surface area contributed by atoms with Crippen molar-refractivity contribution >= 4 is 11.6 Å². The summed E-state index contributed by atoms with van der Waals surface area (Å²) < 4.78 is 16.7. The van der Waals surface area contributed by atoms with Gasteiger partial charge in [0, 0.05) is 24.0 Å². The van der Waals surface area contributed by atoms with Gasteiger partial charge in [0.15, 0.2) is 0 Å². The molecule has 0 saturated carbocycles. The van der Waals surface area contributed by atoms with Gasteiger partial charge in [0.25, 0.3) is 5.91 Å². The highest BCUT2D eigenvalue weighted by Gasteiger charge is 2.33. The van der Waals surface area contributed by atoms with E-state index in [-0.39, 0.29) is 24.4 Å². The standard InChI is InChI=1S/C22H22N4O4/c1-28-17-6-5-15(20(9-17)29-2)12-26-19(14-4-3-7-24-10-14)13-30-21-18(22(26)27)8-16(23)11-25-21/h3-11,19H,12-13,23H2,1-2H3. The largest absolute Gasteiger partial charge is 0.497 e. The van der Waals surface area contributed by atoms with E-state index in [0.29, 0.717) is 29.3 Å². The highest BCUT2D eigenvalue weighted by atomic mass is 16.5. The Hall–Kier alpha value is -3.81. The van der Waals surface area contributed by atoms with Crippen molar-refractivity contribution in [1.82, 2.24) is 14.9 Å². The number of carbonyl (C=O) groups excluding carboxylic acids is 1. The summed E-state index contributed by atoms with van der Waals surface area (Å²) in [5, 5.41) is 0. The average Bonchev–Trinajstić information content (AvgIpc) is 2.91. The van der Waals surface area contributed by atoms with Gasteiger partial charge < -0.3 is 24.8 Å². The number of rotatable bonds is 5. The number of fused-ring (bicyclic) bond motifs is 1. The molecule has 2 aromatic heterocycles. The molecule has 3 heterocycles. The number of nitrogens with two attached hydrogens (primary N) is 1. The lowest BCUT2D eigenvalue weighted by Gasteiger charge is -2.30. The molecule has 0 bridgehead atoms. The molecule has 8 nitrogen and oxygen atoms in total. The van der Waals surface area contributed by atoms with Crippen LogP contribution in [0.2, 0.25) is 0 Å². The second-order valence-corrected chi connectivity index (χ2v) is 6.85. The summed E-state index contributed by atoms with van der Waals surface area (Å²) in [5.41, 5.74) is 8.30. The molecule has 0 spiro atoms. The molecule has 154 valence electrons. The maximum Gasteiger partial charge on any atom is 0.260 e. The molecule has 0 aliphatic carbocycles. The minimum atomic E-state index is -0.367. The van der Waals surface area contributed by atoms with Crippen molar-refractivity contribution in [2.75, 3.05) is 26.6 Å². The van der Waals surface area contributed by atoms with Crippen molar-refractivity contribution in [1.29, 1.82) is 0 Å². The second-order valence-electron chi connectivity index (χ2n) is 6.85. The van der Waals surface area contributed by atoms with Crippen LogP contribution in [0, 0.1) is 0 Å². The van der Waals surface area contributed by atoms with E-state index in [9.17, 15) is 4.79 Å². The Morgan fingerprint density at radius 1 is 1.20 bits per heavy atom. The molecule has 1 unspecified atom stereocenters. The lowest BCUT2D eigenvalue weighted by atomic mass is 10.1. The smallest absolute Gasteiger partial charge is 0.260 e. The number of carbonyl (C=O) groups is 1. The fourth-order valence-electron chi connectivity index (χ4n) is 3.48. The number of nitrogen functional groups attached to an aromatic ring is 1. The summed E-state index contributed by atoms with van der Waals surface area (Å²) in [6.07, 6.45) is 4.90. The first-order chi connectivity index (χ1) is 14.6. The summed E-state index contributed by atoms with van der Waals surface area (Å²) in [6, 6.07) is 10.5. The highest BCUT2D eigenvalue weighted by molar-refractivity contribution is 5.97. The SMILES string of the molecule is COc1ccc(CN2C(=O)c3cc(N)cnc3OCC2c2cccnc2)c(OC)c1. The van der Waals surface area contributed by atoms with Crippen molar-refractivity contribution < 1.29 is 19.0 Å². The van der Waals surface area contributed by atoms with Crippen LogP contribution in [0.15, 0.2) is 55.0 Å². The van der Waals surface area contributed by atoms with Crippen LogP contribution in [-0.2, 0) is 6.54 Å². The number of anilines is 1. The van der Waals surface area contributed by atoms with Crippen molar-refractivity contribution in [3.63, 3.8) is 0 Å². The molecule has 1 aliphatic heterocycles. The summed E-state index contributed by atoms with van der Waals surface area (Å²) in [6.45, 7) is 0.531. The zero-order valence-corrected chi connectivity index (χ0v) is 16.7. The van der Waals surface area contributed by atoms with Crippen LogP contribution in [0.4, 0.5) is 5.69 Å². The second kappa shape index (κ2) is 8.28. The minimum absolute atomic E-state index is 0.228. The van der Waals surface area contributed by atoms with Crippen LogP contribution < -0.4 is 19.9 Å². The van der Waals surface area contributed by atoms with Crippen molar-refractivity contribution in [2.24, 2.45) is 0 Å². The number of pyridine rings is 2. The number of ether oxygens (including phenoxy) is 3. The summed E-state index contributed by atoms with van der Waals surface area (Å²) in [5.74, 6) is 1.34. The third kappa shape index (κ3) is 3.71. The zero-order valence-electron chi connectivity index (χ0n) is 16.7.